The summed E-state index contributed by atoms with van der Waals surface area (Å²) in [6.45, 7) is 6.75. The molecule has 0 aliphatic carbocycles. The number of hydrogen-bond donors (Lipinski definition) is 0. The molecular weight excluding hydrogens is 316 g/mol. The van der Waals surface area contributed by atoms with Gasteiger partial charge in [-0.05, 0) is 49.6 Å². The highest BCUT2D eigenvalue weighted by molar-refractivity contribution is 6.44. The summed E-state index contributed by atoms with van der Waals surface area (Å²) in [4.78, 5) is 35.5. The first-order chi connectivity index (χ1) is 11.2. The molecule has 1 aromatic rings. The summed E-state index contributed by atoms with van der Waals surface area (Å²) >= 11 is 0. The zero-order valence-electron chi connectivity index (χ0n) is 13.9. The molecule has 126 valence electrons. The van der Waals surface area contributed by atoms with Crippen molar-refractivity contribution in [3.05, 3.63) is 37.9 Å². The van der Waals surface area contributed by atoms with Gasteiger partial charge in [0.25, 0.3) is 5.69 Å². The fourth-order valence-corrected chi connectivity index (χ4v) is 2.63. The van der Waals surface area contributed by atoms with Crippen molar-refractivity contribution in [3.8, 4) is 0 Å². The smallest absolute Gasteiger partial charge is 0.357 e. The van der Waals surface area contributed by atoms with Gasteiger partial charge in [-0.2, -0.15) is 5.11 Å². The molecule has 0 aromatic heterocycles. The zero-order valence-corrected chi connectivity index (χ0v) is 13.9. The summed E-state index contributed by atoms with van der Waals surface area (Å²) in [6.07, 6.45) is 0. The second kappa shape index (κ2) is 6.26. The summed E-state index contributed by atoms with van der Waals surface area (Å²) in [7, 11) is 1.14. The molecule has 2 rings (SSSR count). The van der Waals surface area contributed by atoms with Gasteiger partial charge in [0.15, 0.2) is 11.8 Å². The van der Waals surface area contributed by atoms with Crippen molar-refractivity contribution in [3.63, 3.8) is 0 Å². The molecule has 1 unspecified atom stereocenters. The molecule has 9 nitrogen and oxygen atoms in total. The molecule has 0 radical (unpaired) electrons. The number of methoxy groups -OCH3 is 1. The monoisotopic (exact) mass is 332 g/mol. The quantitative estimate of drug-likeness (QED) is 0.362. The first-order valence-electron chi connectivity index (χ1n) is 7.07. The lowest BCUT2D eigenvalue weighted by Gasteiger charge is -2.16. The highest BCUT2D eigenvalue weighted by Gasteiger charge is 2.39. The Balaban J connectivity index is 2.67. The van der Waals surface area contributed by atoms with E-state index in [2.05, 4.69) is 20.2 Å². The minimum absolute atomic E-state index is 0.0805. The number of hydrogen-bond acceptors (Lipinski definition) is 8. The van der Waals surface area contributed by atoms with E-state index in [4.69, 9.17) is 0 Å². The highest BCUT2D eigenvalue weighted by Crippen LogP contribution is 2.34. The average molecular weight is 332 g/mol. The van der Waals surface area contributed by atoms with Gasteiger partial charge in [-0.25, -0.2) is 4.79 Å². The maximum absolute atomic E-state index is 12.9. The molecule has 1 aliphatic heterocycles. The number of ether oxygens (including phenoxy) is 1. The second-order valence-corrected chi connectivity index (χ2v) is 5.43. The molecule has 1 aliphatic rings. The second-order valence-electron chi connectivity index (χ2n) is 5.43. The van der Waals surface area contributed by atoms with E-state index in [0.29, 0.717) is 11.1 Å². The number of carbonyl (C=O) groups is 2. The van der Waals surface area contributed by atoms with Crippen LogP contribution in [0.15, 0.2) is 15.4 Å². The molecule has 1 aromatic carbocycles. The van der Waals surface area contributed by atoms with Crippen molar-refractivity contribution in [2.75, 3.05) is 7.11 Å². The van der Waals surface area contributed by atoms with Crippen LogP contribution in [0.1, 0.15) is 32.6 Å². The first-order valence-corrected chi connectivity index (χ1v) is 7.07. The van der Waals surface area contributed by atoms with E-state index in [9.17, 15) is 19.7 Å². The third kappa shape index (κ3) is 2.57. The van der Waals surface area contributed by atoms with Crippen molar-refractivity contribution in [1.82, 2.24) is 0 Å². The highest BCUT2D eigenvalue weighted by atomic mass is 16.6. The van der Waals surface area contributed by atoms with Crippen LogP contribution in [-0.4, -0.2) is 35.5 Å². The van der Waals surface area contributed by atoms with E-state index in [1.807, 2.05) is 0 Å². The molecule has 9 heteroatoms. The van der Waals surface area contributed by atoms with Gasteiger partial charge in [0.05, 0.1) is 12.0 Å². The number of ketones is 1. The van der Waals surface area contributed by atoms with Gasteiger partial charge in [-0.3, -0.25) is 14.9 Å². The van der Waals surface area contributed by atoms with Gasteiger partial charge in [-0.1, -0.05) is 0 Å². The van der Waals surface area contributed by atoms with Crippen LogP contribution in [0.25, 0.3) is 0 Å². The Morgan fingerprint density at radius 1 is 1.08 bits per heavy atom. The van der Waals surface area contributed by atoms with Gasteiger partial charge in [0.1, 0.15) is 5.56 Å². The lowest BCUT2D eigenvalue weighted by Crippen LogP contribution is -2.34. The predicted molar refractivity (Wildman–Crippen MR) is 84.5 cm³/mol. The van der Waals surface area contributed by atoms with Crippen molar-refractivity contribution in [2.24, 2.45) is 15.4 Å². The minimum atomic E-state index is -1.34. The Morgan fingerprint density at radius 2 is 1.67 bits per heavy atom. The van der Waals surface area contributed by atoms with Gasteiger partial charge in [0, 0.05) is 5.56 Å². The van der Waals surface area contributed by atoms with Crippen LogP contribution in [0.5, 0.6) is 0 Å². The topological polar surface area (TPSA) is 124 Å². The lowest BCUT2D eigenvalue weighted by atomic mass is 9.87. The Morgan fingerprint density at radius 3 is 2.21 bits per heavy atom. The molecular formula is C15H16N4O5. The Bertz CT molecular complexity index is 826. The number of esters is 1. The number of nitrogens with zero attached hydrogens (tertiary/aromatic N) is 4. The summed E-state index contributed by atoms with van der Waals surface area (Å²) in [5.74, 6) is -1.55. The Kier molecular flexibility index (Phi) is 4.54. The van der Waals surface area contributed by atoms with Gasteiger partial charge >= 0.3 is 5.97 Å². The number of Topliss-reactive ketones (excluding diaryl/α,β-unsaturated/α-hetero) is 1. The normalized spacial score (nSPS) is 16.0. The molecule has 1 atom stereocenters. The van der Waals surface area contributed by atoms with E-state index in [-0.39, 0.29) is 17.0 Å². The van der Waals surface area contributed by atoms with Crippen molar-refractivity contribution >= 4 is 23.2 Å². The molecule has 0 spiro atoms. The van der Waals surface area contributed by atoms with Crippen molar-refractivity contribution < 1.29 is 19.2 Å². The molecule has 24 heavy (non-hydrogen) atoms. The summed E-state index contributed by atoms with van der Waals surface area (Å²) in [5.41, 5.74) is 1.74. The minimum Gasteiger partial charge on any atom is -0.464 e. The molecule has 0 fully saturated rings. The summed E-state index contributed by atoms with van der Waals surface area (Å²) < 4.78 is 4.55. The number of rotatable bonds is 4. The van der Waals surface area contributed by atoms with Crippen LogP contribution in [-0.2, 0) is 9.53 Å². The number of carbonyl (C=O) groups excluding carboxylic acids is 2. The van der Waals surface area contributed by atoms with E-state index >= 15 is 0 Å². The number of benzene rings is 1. The SMILES string of the molecule is COC(=O)C1=NN=NC1C(=O)c1c(C)c(C)c(C)c(C)c1[N+](=O)[O-]. The summed E-state index contributed by atoms with van der Waals surface area (Å²) in [6, 6.07) is -1.34. The number of nitro groups is 1. The van der Waals surface area contributed by atoms with Crippen LogP contribution in [0.2, 0.25) is 0 Å². The molecule has 0 bridgehead atoms. The standard InChI is InChI=1S/C15H16N4O5/c1-6-7(2)9(4)13(19(22)23)10(8(6)3)14(20)11-12(15(21)24-5)17-18-16-11/h11H,1-5H3. The third-order valence-corrected chi connectivity index (χ3v) is 4.30. The van der Waals surface area contributed by atoms with Crippen molar-refractivity contribution in [1.29, 1.82) is 0 Å². The fourth-order valence-electron chi connectivity index (χ4n) is 2.63. The van der Waals surface area contributed by atoms with E-state index < -0.39 is 22.7 Å². The van der Waals surface area contributed by atoms with Crippen LogP contribution >= 0.6 is 0 Å². The first kappa shape index (κ1) is 17.4. The number of nitro benzene ring substituents is 1. The lowest BCUT2D eigenvalue weighted by molar-refractivity contribution is -0.385. The Labute approximate surface area is 137 Å². The van der Waals surface area contributed by atoms with Crippen LogP contribution in [0.4, 0.5) is 5.69 Å². The van der Waals surface area contributed by atoms with E-state index in [0.717, 1.165) is 18.2 Å². The van der Waals surface area contributed by atoms with Gasteiger partial charge in [-0.15, -0.1) is 5.10 Å². The van der Waals surface area contributed by atoms with Gasteiger partial charge < -0.3 is 4.74 Å². The molecule has 0 saturated heterocycles. The predicted octanol–water partition coefficient (Wildman–Crippen LogP) is 2.37. The van der Waals surface area contributed by atoms with Crippen molar-refractivity contribution in [2.45, 2.75) is 33.7 Å². The molecule has 0 amide bonds. The van der Waals surface area contributed by atoms with Crippen LogP contribution < -0.4 is 0 Å². The summed E-state index contributed by atoms with van der Waals surface area (Å²) in [5, 5.41) is 22.0. The zero-order chi connectivity index (χ0) is 18.2. The van der Waals surface area contributed by atoms with Crippen LogP contribution in [0, 0.1) is 37.8 Å². The molecule has 1 heterocycles. The average Bonchev–Trinajstić information content (AvgIpc) is 3.03. The fraction of sp³-hybridized carbons (Fsp3) is 0.400. The maximum Gasteiger partial charge on any atom is 0.357 e. The molecule has 0 N–H and O–H groups in total. The largest absolute Gasteiger partial charge is 0.464 e. The van der Waals surface area contributed by atoms with Crippen LogP contribution in [0.3, 0.4) is 0 Å². The van der Waals surface area contributed by atoms with E-state index in [1.165, 1.54) is 0 Å². The molecule has 0 saturated carbocycles. The third-order valence-electron chi connectivity index (χ3n) is 4.30. The Hall–Kier alpha value is -2.97. The maximum atomic E-state index is 12.9. The van der Waals surface area contributed by atoms with E-state index in [1.54, 1.807) is 27.7 Å². The van der Waals surface area contributed by atoms with Gasteiger partial charge in [0.2, 0.25) is 5.78 Å².